The average molecular weight is 301 g/mol. The van der Waals surface area contributed by atoms with Crippen molar-refractivity contribution >= 4 is 22.9 Å². The van der Waals surface area contributed by atoms with E-state index in [0.29, 0.717) is 17.0 Å². The molecule has 1 unspecified atom stereocenters. The van der Waals surface area contributed by atoms with Crippen LogP contribution in [0.3, 0.4) is 0 Å². The van der Waals surface area contributed by atoms with Gasteiger partial charge in [0.15, 0.2) is 0 Å². The third-order valence-corrected chi connectivity index (χ3v) is 4.07. The molecule has 3 N–H and O–H groups in total. The Kier molecular flexibility index (Phi) is 4.76. The van der Waals surface area contributed by atoms with Gasteiger partial charge in [-0.05, 0) is 41.6 Å². The molecule has 1 atom stereocenters. The third-order valence-electron chi connectivity index (χ3n) is 2.83. The molecule has 2 rings (SSSR count). The maximum atomic E-state index is 13.7. The van der Waals surface area contributed by atoms with Crippen LogP contribution in [-0.2, 0) is 6.42 Å². The molecule has 0 aliphatic rings. The number of benzene rings is 1. The number of nitrogens with one attached hydrogen (secondary N) is 1. The number of thiophene rings is 1. The molecule has 0 aliphatic carbocycles. The van der Waals surface area contributed by atoms with Gasteiger partial charge in [0.1, 0.15) is 11.6 Å². The van der Waals surface area contributed by atoms with E-state index in [1.807, 2.05) is 11.4 Å². The first-order chi connectivity index (χ1) is 9.15. The van der Waals surface area contributed by atoms with Crippen LogP contribution >= 0.6 is 22.9 Å². The molecule has 0 amide bonds. The highest BCUT2D eigenvalue weighted by Crippen LogP contribution is 2.33. The molecule has 0 saturated carbocycles. The lowest BCUT2D eigenvalue weighted by molar-refractivity contribution is 0.402. The molecule has 0 aliphatic heterocycles. The molecule has 1 aromatic carbocycles. The first-order valence-corrected chi connectivity index (χ1v) is 6.93. The number of hydrogen-bond donors (Lipinski definition) is 2. The van der Waals surface area contributed by atoms with Crippen LogP contribution in [0.5, 0.6) is 5.75 Å². The Morgan fingerprint density at radius 1 is 1.47 bits per heavy atom. The molecule has 19 heavy (non-hydrogen) atoms. The van der Waals surface area contributed by atoms with Crippen LogP contribution in [0.25, 0.3) is 0 Å². The van der Waals surface area contributed by atoms with Crippen molar-refractivity contribution in [3.05, 3.63) is 50.9 Å². The van der Waals surface area contributed by atoms with E-state index in [1.165, 1.54) is 23.5 Å². The van der Waals surface area contributed by atoms with Gasteiger partial charge in [-0.2, -0.15) is 0 Å². The van der Waals surface area contributed by atoms with Gasteiger partial charge in [0, 0.05) is 5.02 Å². The summed E-state index contributed by atoms with van der Waals surface area (Å²) in [7, 11) is 1.60. The fraction of sp³-hybridized carbons (Fsp3) is 0.231. The monoisotopic (exact) mass is 300 g/mol. The highest BCUT2D eigenvalue weighted by molar-refractivity contribution is 7.10. The molecule has 1 aromatic heterocycles. The van der Waals surface area contributed by atoms with Gasteiger partial charge in [0.05, 0.1) is 18.0 Å². The van der Waals surface area contributed by atoms with Crippen LogP contribution in [0.2, 0.25) is 5.02 Å². The van der Waals surface area contributed by atoms with Gasteiger partial charge >= 0.3 is 0 Å². The number of halogens is 2. The van der Waals surface area contributed by atoms with Crippen molar-refractivity contribution in [3.8, 4) is 5.75 Å². The van der Waals surface area contributed by atoms with Crippen LogP contribution in [0.4, 0.5) is 4.39 Å². The summed E-state index contributed by atoms with van der Waals surface area (Å²) in [5.41, 5.74) is 3.21. The summed E-state index contributed by atoms with van der Waals surface area (Å²) in [6.07, 6.45) is 0.403. The van der Waals surface area contributed by atoms with Crippen molar-refractivity contribution < 1.29 is 9.13 Å². The summed E-state index contributed by atoms with van der Waals surface area (Å²) in [6, 6.07) is 6.14. The van der Waals surface area contributed by atoms with Crippen LogP contribution in [-0.4, -0.2) is 7.11 Å². The van der Waals surface area contributed by atoms with Gasteiger partial charge in [-0.3, -0.25) is 11.3 Å². The molecule has 2 aromatic rings. The van der Waals surface area contributed by atoms with Gasteiger partial charge in [-0.15, -0.1) is 11.3 Å². The van der Waals surface area contributed by atoms with Crippen molar-refractivity contribution in [1.29, 1.82) is 0 Å². The number of ether oxygens (including phenoxy) is 1. The Hall–Kier alpha value is -1.14. The van der Waals surface area contributed by atoms with E-state index >= 15 is 0 Å². The quantitative estimate of drug-likeness (QED) is 0.658. The van der Waals surface area contributed by atoms with Crippen LogP contribution < -0.4 is 16.0 Å². The summed E-state index contributed by atoms with van der Waals surface area (Å²) < 4.78 is 19.0. The van der Waals surface area contributed by atoms with Crippen molar-refractivity contribution in [3.63, 3.8) is 0 Å². The Morgan fingerprint density at radius 2 is 2.26 bits per heavy atom. The minimum absolute atomic E-state index is 0.220. The van der Waals surface area contributed by atoms with E-state index in [2.05, 4.69) is 5.43 Å². The standard InChI is InChI=1S/C13H14ClFN2OS/c1-18-12-4-5-19-13(12)11(17-16)7-8-6-9(14)2-3-10(8)15/h2-6,11,17H,7,16H2,1H3. The second-order valence-corrected chi connectivity index (χ2v) is 5.40. The fourth-order valence-electron chi connectivity index (χ4n) is 1.88. The number of hydrazine groups is 1. The number of methoxy groups -OCH3 is 1. The molecular weight excluding hydrogens is 287 g/mol. The Balaban J connectivity index is 2.26. The maximum absolute atomic E-state index is 13.7. The van der Waals surface area contributed by atoms with Crippen molar-refractivity contribution in [1.82, 2.24) is 5.43 Å². The van der Waals surface area contributed by atoms with E-state index in [9.17, 15) is 4.39 Å². The van der Waals surface area contributed by atoms with Gasteiger partial charge in [-0.1, -0.05) is 11.6 Å². The Labute approximate surface area is 120 Å². The number of rotatable bonds is 5. The lowest BCUT2D eigenvalue weighted by Crippen LogP contribution is -2.29. The van der Waals surface area contributed by atoms with Crippen LogP contribution in [0, 0.1) is 5.82 Å². The lowest BCUT2D eigenvalue weighted by Gasteiger charge is -2.16. The lowest BCUT2D eigenvalue weighted by atomic mass is 10.0. The zero-order chi connectivity index (χ0) is 13.8. The predicted molar refractivity (Wildman–Crippen MR) is 76.0 cm³/mol. The van der Waals surface area contributed by atoms with Crippen molar-refractivity contribution in [2.24, 2.45) is 5.84 Å². The molecular formula is C13H14ClFN2OS. The van der Waals surface area contributed by atoms with E-state index in [-0.39, 0.29) is 11.9 Å². The zero-order valence-corrected chi connectivity index (χ0v) is 11.9. The van der Waals surface area contributed by atoms with Crippen molar-refractivity contribution in [2.45, 2.75) is 12.5 Å². The van der Waals surface area contributed by atoms with E-state index in [4.69, 9.17) is 22.2 Å². The summed E-state index contributed by atoms with van der Waals surface area (Å²) in [4.78, 5) is 0.935. The maximum Gasteiger partial charge on any atom is 0.134 e. The van der Waals surface area contributed by atoms with Crippen LogP contribution in [0.15, 0.2) is 29.6 Å². The molecule has 0 radical (unpaired) electrons. The fourth-order valence-corrected chi connectivity index (χ4v) is 2.99. The molecule has 0 spiro atoms. The van der Waals surface area contributed by atoms with E-state index < -0.39 is 0 Å². The molecule has 6 heteroatoms. The smallest absolute Gasteiger partial charge is 0.134 e. The topological polar surface area (TPSA) is 47.3 Å². The molecule has 0 bridgehead atoms. The summed E-state index contributed by atoms with van der Waals surface area (Å²) in [5, 5.41) is 2.41. The molecule has 3 nitrogen and oxygen atoms in total. The van der Waals surface area contributed by atoms with Crippen molar-refractivity contribution in [2.75, 3.05) is 7.11 Å². The highest BCUT2D eigenvalue weighted by atomic mass is 35.5. The van der Waals surface area contributed by atoms with E-state index in [0.717, 1.165) is 10.6 Å². The second kappa shape index (κ2) is 6.34. The Bertz CT molecular complexity index is 561. The second-order valence-electron chi connectivity index (χ2n) is 4.01. The third kappa shape index (κ3) is 3.25. The van der Waals surface area contributed by atoms with Gasteiger partial charge in [-0.25, -0.2) is 4.39 Å². The predicted octanol–water partition coefficient (Wildman–Crippen LogP) is 3.30. The van der Waals surface area contributed by atoms with Gasteiger partial charge in [0.2, 0.25) is 0 Å². The molecule has 102 valence electrons. The van der Waals surface area contributed by atoms with Gasteiger partial charge < -0.3 is 4.74 Å². The summed E-state index contributed by atoms with van der Waals surface area (Å²) >= 11 is 7.40. The van der Waals surface area contributed by atoms with Crippen LogP contribution in [0.1, 0.15) is 16.5 Å². The minimum atomic E-state index is -0.292. The Morgan fingerprint density at radius 3 is 2.95 bits per heavy atom. The first kappa shape index (κ1) is 14.3. The largest absolute Gasteiger partial charge is 0.496 e. The highest BCUT2D eigenvalue weighted by Gasteiger charge is 2.18. The SMILES string of the molecule is COc1ccsc1C(Cc1cc(Cl)ccc1F)NN. The first-order valence-electron chi connectivity index (χ1n) is 5.67. The minimum Gasteiger partial charge on any atom is -0.496 e. The molecule has 0 fully saturated rings. The normalized spacial score (nSPS) is 12.4. The zero-order valence-electron chi connectivity index (χ0n) is 10.3. The number of hydrogen-bond acceptors (Lipinski definition) is 4. The molecule has 1 heterocycles. The average Bonchev–Trinajstić information content (AvgIpc) is 2.88. The number of nitrogens with two attached hydrogens (primary N) is 1. The summed E-state index contributed by atoms with van der Waals surface area (Å²) in [6.45, 7) is 0. The summed E-state index contributed by atoms with van der Waals surface area (Å²) in [5.74, 6) is 6.02. The van der Waals surface area contributed by atoms with E-state index in [1.54, 1.807) is 13.2 Å². The van der Waals surface area contributed by atoms with Gasteiger partial charge in [0.25, 0.3) is 0 Å². The molecule has 0 saturated heterocycles.